The molecular formula is C10H11ClF3NO. The molecule has 1 aromatic rings. The molecule has 0 radical (unpaired) electrons. The zero-order valence-corrected chi connectivity index (χ0v) is 9.56. The lowest BCUT2D eigenvalue weighted by molar-refractivity contribution is -0.274. The van der Waals surface area contributed by atoms with Gasteiger partial charge in [0, 0.05) is 31.7 Å². The fourth-order valence-electron chi connectivity index (χ4n) is 1.17. The van der Waals surface area contributed by atoms with E-state index in [1.165, 1.54) is 12.1 Å². The van der Waals surface area contributed by atoms with E-state index in [-0.39, 0.29) is 11.6 Å². The van der Waals surface area contributed by atoms with Gasteiger partial charge < -0.3 is 9.64 Å². The Hall–Kier alpha value is -1.10. The van der Waals surface area contributed by atoms with Gasteiger partial charge in [0.1, 0.15) is 5.75 Å². The highest BCUT2D eigenvalue weighted by Gasteiger charge is 2.31. The number of hydrogen-bond acceptors (Lipinski definition) is 2. The van der Waals surface area contributed by atoms with Gasteiger partial charge in [-0.2, -0.15) is 0 Å². The zero-order chi connectivity index (χ0) is 12.3. The van der Waals surface area contributed by atoms with Gasteiger partial charge in [0.25, 0.3) is 0 Å². The molecule has 16 heavy (non-hydrogen) atoms. The fourth-order valence-corrected chi connectivity index (χ4v) is 1.33. The molecule has 0 spiro atoms. The van der Waals surface area contributed by atoms with Gasteiger partial charge in [0.05, 0.1) is 0 Å². The average molecular weight is 254 g/mol. The van der Waals surface area contributed by atoms with Crippen LogP contribution in [0.3, 0.4) is 0 Å². The number of benzene rings is 1. The van der Waals surface area contributed by atoms with E-state index in [1.54, 1.807) is 25.1 Å². The van der Waals surface area contributed by atoms with Crippen LogP contribution in [-0.4, -0.2) is 20.5 Å². The highest BCUT2D eigenvalue weighted by atomic mass is 35.5. The molecule has 0 unspecified atom stereocenters. The lowest BCUT2D eigenvalue weighted by Crippen LogP contribution is -2.18. The molecule has 0 aliphatic carbocycles. The smallest absolute Gasteiger partial charge is 0.406 e. The Morgan fingerprint density at radius 2 is 1.88 bits per heavy atom. The number of hydrogen-bond donors (Lipinski definition) is 0. The summed E-state index contributed by atoms with van der Waals surface area (Å²) in [5, 5.41) is 0. The van der Waals surface area contributed by atoms with E-state index in [9.17, 15) is 13.2 Å². The zero-order valence-electron chi connectivity index (χ0n) is 8.81. The van der Waals surface area contributed by atoms with Gasteiger partial charge >= 0.3 is 6.36 Å². The van der Waals surface area contributed by atoms with Crippen molar-refractivity contribution < 1.29 is 17.9 Å². The normalized spacial score (nSPS) is 11.4. The lowest BCUT2D eigenvalue weighted by Gasteiger charge is -2.16. The second-order valence-electron chi connectivity index (χ2n) is 3.41. The van der Waals surface area contributed by atoms with Crippen LogP contribution in [0.15, 0.2) is 18.2 Å². The van der Waals surface area contributed by atoms with Gasteiger partial charge in [-0.05, 0) is 17.7 Å². The predicted octanol–water partition coefficient (Wildman–Crippen LogP) is 3.39. The van der Waals surface area contributed by atoms with Crippen LogP contribution in [0, 0.1) is 0 Å². The first-order valence-electron chi connectivity index (χ1n) is 4.45. The van der Waals surface area contributed by atoms with Crippen LogP contribution in [0.1, 0.15) is 5.56 Å². The van der Waals surface area contributed by atoms with Crippen LogP contribution in [0.5, 0.6) is 5.75 Å². The molecule has 0 bridgehead atoms. The van der Waals surface area contributed by atoms with E-state index in [0.29, 0.717) is 11.3 Å². The van der Waals surface area contributed by atoms with Crippen molar-refractivity contribution in [3.63, 3.8) is 0 Å². The second-order valence-corrected chi connectivity index (χ2v) is 3.68. The molecule has 0 amide bonds. The van der Waals surface area contributed by atoms with Crippen molar-refractivity contribution in [3.05, 3.63) is 23.8 Å². The predicted molar refractivity (Wildman–Crippen MR) is 57.0 cm³/mol. The molecule has 0 aliphatic rings. The van der Waals surface area contributed by atoms with Gasteiger partial charge in [0.2, 0.25) is 0 Å². The van der Waals surface area contributed by atoms with Crippen molar-refractivity contribution in [1.82, 2.24) is 0 Å². The monoisotopic (exact) mass is 253 g/mol. The number of nitrogens with zero attached hydrogens (tertiary/aromatic N) is 1. The van der Waals surface area contributed by atoms with E-state index < -0.39 is 6.36 Å². The first kappa shape index (κ1) is 13.0. The molecule has 0 atom stereocenters. The molecular weight excluding hydrogens is 243 g/mol. The molecule has 0 heterocycles. The second kappa shape index (κ2) is 4.82. The summed E-state index contributed by atoms with van der Waals surface area (Å²) in [6.45, 7) is 0. The third kappa shape index (κ3) is 3.81. The topological polar surface area (TPSA) is 12.5 Å². The molecule has 1 aromatic carbocycles. The first-order chi connectivity index (χ1) is 7.31. The number of ether oxygens (including phenoxy) is 1. The van der Waals surface area contributed by atoms with Gasteiger partial charge in [-0.25, -0.2) is 0 Å². The standard InChI is InChI=1S/C10H11ClF3NO/c1-15(2)8-3-7(6-11)4-9(5-8)16-10(12,13)14/h3-5H,6H2,1-2H3. The number of halogens is 4. The van der Waals surface area contributed by atoms with Crippen LogP contribution in [0.2, 0.25) is 0 Å². The number of anilines is 1. The quantitative estimate of drug-likeness (QED) is 0.766. The Morgan fingerprint density at radius 3 is 2.31 bits per heavy atom. The molecule has 90 valence electrons. The molecule has 0 saturated heterocycles. The van der Waals surface area contributed by atoms with Crippen LogP contribution >= 0.6 is 11.6 Å². The van der Waals surface area contributed by atoms with Crippen molar-refractivity contribution in [2.24, 2.45) is 0 Å². The fraction of sp³-hybridized carbons (Fsp3) is 0.400. The van der Waals surface area contributed by atoms with Crippen molar-refractivity contribution >= 4 is 17.3 Å². The summed E-state index contributed by atoms with van der Waals surface area (Å²) in [6.07, 6.45) is -4.69. The Labute approximate surface area is 96.6 Å². The molecule has 1 rings (SSSR count). The maximum Gasteiger partial charge on any atom is 0.573 e. The summed E-state index contributed by atoms with van der Waals surface area (Å²) in [4.78, 5) is 1.68. The van der Waals surface area contributed by atoms with Gasteiger partial charge in [-0.1, -0.05) is 0 Å². The minimum atomic E-state index is -4.69. The van der Waals surface area contributed by atoms with Crippen molar-refractivity contribution in [1.29, 1.82) is 0 Å². The molecule has 0 aromatic heterocycles. The molecule has 0 saturated carbocycles. The maximum atomic E-state index is 12.0. The molecule has 2 nitrogen and oxygen atoms in total. The van der Waals surface area contributed by atoms with Gasteiger partial charge in [-0.15, -0.1) is 24.8 Å². The van der Waals surface area contributed by atoms with Crippen molar-refractivity contribution in [3.8, 4) is 5.75 Å². The molecule has 0 fully saturated rings. The minimum Gasteiger partial charge on any atom is -0.406 e. The molecule has 6 heteroatoms. The van der Waals surface area contributed by atoms with Crippen LogP contribution in [0.25, 0.3) is 0 Å². The van der Waals surface area contributed by atoms with Crippen LogP contribution in [0.4, 0.5) is 18.9 Å². The van der Waals surface area contributed by atoms with Crippen LogP contribution < -0.4 is 9.64 Å². The van der Waals surface area contributed by atoms with Crippen LogP contribution in [-0.2, 0) is 5.88 Å². The Morgan fingerprint density at radius 1 is 1.25 bits per heavy atom. The first-order valence-corrected chi connectivity index (χ1v) is 4.98. The average Bonchev–Trinajstić information content (AvgIpc) is 2.14. The van der Waals surface area contributed by atoms with E-state index in [1.807, 2.05) is 0 Å². The highest BCUT2D eigenvalue weighted by Crippen LogP contribution is 2.28. The van der Waals surface area contributed by atoms with Gasteiger partial charge in [-0.3, -0.25) is 0 Å². The van der Waals surface area contributed by atoms with Crippen molar-refractivity contribution in [2.45, 2.75) is 12.2 Å². The Kier molecular flexibility index (Phi) is 3.91. The SMILES string of the molecule is CN(C)c1cc(CCl)cc(OC(F)(F)F)c1. The van der Waals surface area contributed by atoms with E-state index in [4.69, 9.17) is 11.6 Å². The summed E-state index contributed by atoms with van der Waals surface area (Å²) in [5.74, 6) is -0.120. The van der Waals surface area contributed by atoms with Gasteiger partial charge in [0.15, 0.2) is 0 Å². The Bertz CT molecular complexity index is 366. The van der Waals surface area contributed by atoms with Crippen molar-refractivity contribution in [2.75, 3.05) is 19.0 Å². The molecule has 0 aliphatic heterocycles. The Balaban J connectivity index is 3.04. The summed E-state index contributed by atoms with van der Waals surface area (Å²) in [6, 6.07) is 4.28. The van der Waals surface area contributed by atoms with E-state index in [0.717, 1.165) is 0 Å². The summed E-state index contributed by atoms with van der Waals surface area (Å²) in [7, 11) is 3.45. The summed E-state index contributed by atoms with van der Waals surface area (Å²) >= 11 is 5.59. The third-order valence-corrected chi connectivity index (χ3v) is 2.16. The maximum absolute atomic E-state index is 12.0. The number of alkyl halides is 4. The lowest BCUT2D eigenvalue weighted by atomic mass is 10.2. The summed E-state index contributed by atoms with van der Waals surface area (Å²) < 4.78 is 40.0. The van der Waals surface area contributed by atoms with E-state index in [2.05, 4.69) is 4.74 Å². The summed E-state index contributed by atoms with van der Waals surface area (Å²) in [5.41, 5.74) is 1.18. The largest absolute Gasteiger partial charge is 0.573 e. The minimum absolute atomic E-state index is 0.135. The van der Waals surface area contributed by atoms with E-state index >= 15 is 0 Å². The highest BCUT2D eigenvalue weighted by molar-refractivity contribution is 6.17. The molecule has 0 N–H and O–H groups in total. The number of rotatable bonds is 3. The third-order valence-electron chi connectivity index (χ3n) is 1.86.